The average molecular weight is 389 g/mol. The number of aryl methyl sites for hydroxylation is 1. The van der Waals surface area contributed by atoms with Crippen molar-refractivity contribution in [3.63, 3.8) is 0 Å². The predicted octanol–water partition coefficient (Wildman–Crippen LogP) is 3.35. The fourth-order valence-corrected chi connectivity index (χ4v) is 2.73. The lowest BCUT2D eigenvalue weighted by Gasteiger charge is -2.04. The van der Waals surface area contributed by atoms with E-state index < -0.39 is 21.7 Å². The standard InChI is InChI=1S/C14H11BrF2N2O2S/c1-9-2-4-12(5-3-9)22(20,21)19-18-8-10-6-11(16)7-13(17)14(10)15/h2-8,19H,1H3/b18-8+. The van der Waals surface area contributed by atoms with Gasteiger partial charge in [-0.2, -0.15) is 13.5 Å². The van der Waals surface area contributed by atoms with Crippen molar-refractivity contribution >= 4 is 32.2 Å². The highest BCUT2D eigenvalue weighted by molar-refractivity contribution is 9.10. The van der Waals surface area contributed by atoms with Crippen LogP contribution in [0.25, 0.3) is 0 Å². The van der Waals surface area contributed by atoms with E-state index in [9.17, 15) is 17.2 Å². The first-order valence-corrected chi connectivity index (χ1v) is 8.33. The molecule has 0 heterocycles. The Hall–Kier alpha value is -1.80. The van der Waals surface area contributed by atoms with Crippen LogP contribution in [0.2, 0.25) is 0 Å². The van der Waals surface area contributed by atoms with Gasteiger partial charge in [-0.3, -0.25) is 0 Å². The maximum absolute atomic E-state index is 13.3. The Morgan fingerprint density at radius 1 is 1.18 bits per heavy atom. The maximum Gasteiger partial charge on any atom is 0.276 e. The van der Waals surface area contributed by atoms with Crippen molar-refractivity contribution in [3.8, 4) is 0 Å². The summed E-state index contributed by atoms with van der Waals surface area (Å²) in [6.45, 7) is 1.83. The second-order valence-corrected chi connectivity index (χ2v) is 6.91. The molecule has 116 valence electrons. The first-order chi connectivity index (χ1) is 10.3. The Kier molecular flexibility index (Phi) is 4.92. The lowest BCUT2D eigenvalue weighted by Crippen LogP contribution is -2.18. The highest BCUT2D eigenvalue weighted by atomic mass is 79.9. The molecule has 0 amide bonds. The quantitative estimate of drug-likeness (QED) is 0.496. The van der Waals surface area contributed by atoms with E-state index in [-0.39, 0.29) is 14.9 Å². The second kappa shape index (κ2) is 6.53. The highest BCUT2D eigenvalue weighted by Gasteiger charge is 2.12. The minimum absolute atomic E-state index is 0.00724. The van der Waals surface area contributed by atoms with Crippen molar-refractivity contribution in [2.75, 3.05) is 0 Å². The number of hydrazone groups is 1. The van der Waals surface area contributed by atoms with E-state index in [1.807, 2.05) is 11.8 Å². The first-order valence-electron chi connectivity index (χ1n) is 6.06. The molecule has 8 heteroatoms. The molecule has 22 heavy (non-hydrogen) atoms. The summed E-state index contributed by atoms with van der Waals surface area (Å²) in [7, 11) is -3.83. The van der Waals surface area contributed by atoms with Crippen LogP contribution in [0, 0.1) is 18.6 Å². The van der Waals surface area contributed by atoms with Crippen LogP contribution >= 0.6 is 15.9 Å². The molecule has 4 nitrogen and oxygen atoms in total. The Bertz CT molecular complexity index is 821. The number of halogens is 3. The SMILES string of the molecule is Cc1ccc(S(=O)(=O)N/N=C/c2cc(F)cc(F)c2Br)cc1. The van der Waals surface area contributed by atoms with Gasteiger partial charge < -0.3 is 0 Å². The second-order valence-electron chi connectivity index (χ2n) is 4.46. The summed E-state index contributed by atoms with van der Waals surface area (Å²) in [6.07, 6.45) is 1.02. The minimum atomic E-state index is -3.83. The van der Waals surface area contributed by atoms with E-state index in [2.05, 4.69) is 21.0 Å². The molecule has 0 radical (unpaired) electrons. The van der Waals surface area contributed by atoms with Gasteiger partial charge in [0.1, 0.15) is 11.6 Å². The van der Waals surface area contributed by atoms with Gasteiger partial charge in [0.05, 0.1) is 15.6 Å². The molecule has 0 saturated heterocycles. The van der Waals surface area contributed by atoms with Gasteiger partial charge in [-0.25, -0.2) is 13.6 Å². The van der Waals surface area contributed by atoms with Gasteiger partial charge in [0.2, 0.25) is 0 Å². The normalized spacial score (nSPS) is 11.8. The summed E-state index contributed by atoms with van der Waals surface area (Å²) in [6, 6.07) is 7.90. The Morgan fingerprint density at radius 2 is 1.82 bits per heavy atom. The number of hydrogen-bond acceptors (Lipinski definition) is 3. The van der Waals surface area contributed by atoms with E-state index in [1.165, 1.54) is 12.1 Å². The third-order valence-corrected chi connectivity index (χ3v) is 4.80. The van der Waals surface area contributed by atoms with Crippen LogP contribution in [0.1, 0.15) is 11.1 Å². The molecule has 0 atom stereocenters. The lowest BCUT2D eigenvalue weighted by atomic mass is 10.2. The monoisotopic (exact) mass is 388 g/mol. The zero-order chi connectivity index (χ0) is 16.3. The van der Waals surface area contributed by atoms with Crippen LogP contribution in [-0.2, 0) is 10.0 Å². The van der Waals surface area contributed by atoms with E-state index >= 15 is 0 Å². The summed E-state index contributed by atoms with van der Waals surface area (Å²) in [5.74, 6) is -1.59. The number of sulfonamides is 1. The van der Waals surface area contributed by atoms with Crippen LogP contribution in [0.4, 0.5) is 8.78 Å². The van der Waals surface area contributed by atoms with E-state index in [0.717, 1.165) is 17.8 Å². The van der Waals surface area contributed by atoms with E-state index in [4.69, 9.17) is 0 Å². The van der Waals surface area contributed by atoms with Gasteiger partial charge in [-0.15, -0.1) is 0 Å². The van der Waals surface area contributed by atoms with Crippen molar-refractivity contribution < 1.29 is 17.2 Å². The van der Waals surface area contributed by atoms with Crippen molar-refractivity contribution in [3.05, 3.63) is 63.6 Å². The zero-order valence-corrected chi connectivity index (χ0v) is 13.7. The molecule has 0 aliphatic rings. The Labute approximate surface area is 135 Å². The molecule has 2 aromatic carbocycles. The first kappa shape index (κ1) is 16.6. The molecule has 0 aliphatic heterocycles. The van der Waals surface area contributed by atoms with Crippen molar-refractivity contribution in [1.82, 2.24) is 4.83 Å². The smallest absolute Gasteiger partial charge is 0.207 e. The van der Waals surface area contributed by atoms with Gasteiger partial charge in [0, 0.05) is 11.6 Å². The molecular weight excluding hydrogens is 378 g/mol. The molecule has 0 saturated carbocycles. The summed E-state index contributed by atoms with van der Waals surface area (Å²) < 4.78 is 50.4. The molecule has 0 spiro atoms. The molecule has 0 aromatic heterocycles. The third-order valence-electron chi connectivity index (χ3n) is 2.73. The molecule has 0 unspecified atom stereocenters. The van der Waals surface area contributed by atoms with E-state index in [1.54, 1.807) is 12.1 Å². The van der Waals surface area contributed by atoms with Gasteiger partial charge in [0.15, 0.2) is 0 Å². The van der Waals surface area contributed by atoms with Crippen LogP contribution in [0.3, 0.4) is 0 Å². The number of nitrogens with zero attached hydrogens (tertiary/aromatic N) is 1. The van der Waals surface area contributed by atoms with E-state index in [0.29, 0.717) is 6.07 Å². The fraction of sp³-hybridized carbons (Fsp3) is 0.0714. The lowest BCUT2D eigenvalue weighted by molar-refractivity contribution is 0.578. The molecule has 2 rings (SSSR count). The largest absolute Gasteiger partial charge is 0.276 e. The number of rotatable bonds is 4. The number of hydrogen-bond donors (Lipinski definition) is 1. The predicted molar refractivity (Wildman–Crippen MR) is 83.2 cm³/mol. The van der Waals surface area contributed by atoms with Gasteiger partial charge >= 0.3 is 0 Å². The van der Waals surface area contributed by atoms with Crippen LogP contribution in [-0.4, -0.2) is 14.6 Å². The molecule has 1 N–H and O–H groups in total. The summed E-state index contributed by atoms with van der Waals surface area (Å²) in [4.78, 5) is 2.03. The fourth-order valence-electron chi connectivity index (χ4n) is 1.61. The van der Waals surface area contributed by atoms with Crippen molar-refractivity contribution in [1.29, 1.82) is 0 Å². The Balaban J connectivity index is 2.20. The average Bonchev–Trinajstić information content (AvgIpc) is 2.44. The minimum Gasteiger partial charge on any atom is -0.207 e. The summed E-state index contributed by atoms with van der Waals surface area (Å²) in [5.41, 5.74) is 0.991. The molecule has 2 aromatic rings. The zero-order valence-electron chi connectivity index (χ0n) is 11.3. The highest BCUT2D eigenvalue weighted by Crippen LogP contribution is 2.20. The number of nitrogens with one attached hydrogen (secondary N) is 1. The van der Waals surface area contributed by atoms with Crippen LogP contribution in [0.5, 0.6) is 0 Å². The molecule has 0 aliphatic carbocycles. The molecule has 0 fully saturated rings. The summed E-state index contributed by atoms with van der Waals surface area (Å²) >= 11 is 2.94. The van der Waals surface area contributed by atoms with Crippen LogP contribution in [0.15, 0.2) is 50.9 Å². The van der Waals surface area contributed by atoms with Crippen LogP contribution < -0.4 is 4.83 Å². The van der Waals surface area contributed by atoms with Crippen molar-refractivity contribution in [2.24, 2.45) is 5.10 Å². The topological polar surface area (TPSA) is 58.5 Å². The molecule has 0 bridgehead atoms. The maximum atomic E-state index is 13.3. The number of benzene rings is 2. The summed E-state index contributed by atoms with van der Waals surface area (Å²) in [5, 5.41) is 3.53. The van der Waals surface area contributed by atoms with Gasteiger partial charge in [-0.1, -0.05) is 17.7 Å². The molecular formula is C14H11BrF2N2O2S. The van der Waals surface area contributed by atoms with Gasteiger partial charge in [0.25, 0.3) is 10.0 Å². The van der Waals surface area contributed by atoms with Crippen molar-refractivity contribution in [2.45, 2.75) is 11.8 Å². The Morgan fingerprint density at radius 3 is 2.45 bits per heavy atom. The third kappa shape index (κ3) is 3.89. The van der Waals surface area contributed by atoms with Gasteiger partial charge in [-0.05, 0) is 41.1 Å².